The van der Waals surface area contributed by atoms with E-state index < -0.39 is 17.9 Å². The predicted molar refractivity (Wildman–Crippen MR) is 64.0 cm³/mol. The van der Waals surface area contributed by atoms with Crippen molar-refractivity contribution >= 4 is 11.9 Å². The van der Waals surface area contributed by atoms with Gasteiger partial charge in [0.05, 0.1) is 12.3 Å². The second kappa shape index (κ2) is 5.61. The Morgan fingerprint density at radius 1 is 1.39 bits per heavy atom. The van der Waals surface area contributed by atoms with E-state index in [9.17, 15) is 9.59 Å². The molecule has 0 aliphatic carbocycles. The summed E-state index contributed by atoms with van der Waals surface area (Å²) in [5.41, 5.74) is 5.93. The van der Waals surface area contributed by atoms with Crippen LogP contribution in [0.1, 0.15) is 55.8 Å². The molecule has 1 atom stereocenters. The van der Waals surface area contributed by atoms with Crippen LogP contribution in [0.15, 0.2) is 0 Å². The van der Waals surface area contributed by atoms with Crippen LogP contribution in [-0.4, -0.2) is 33.5 Å². The number of aromatic nitrogens is 3. The highest BCUT2D eigenvalue weighted by Crippen LogP contribution is 2.21. The maximum atomic E-state index is 11.7. The predicted octanol–water partition coefficient (Wildman–Crippen LogP) is 0.624. The van der Waals surface area contributed by atoms with Crippen molar-refractivity contribution < 1.29 is 14.3 Å². The first-order valence-electron chi connectivity index (χ1n) is 5.81. The zero-order valence-corrected chi connectivity index (χ0v) is 11.0. The first-order valence-corrected chi connectivity index (χ1v) is 5.81. The van der Waals surface area contributed by atoms with E-state index in [1.54, 1.807) is 13.8 Å². The Hall–Kier alpha value is -1.92. The maximum absolute atomic E-state index is 11.7. The van der Waals surface area contributed by atoms with Gasteiger partial charge >= 0.3 is 5.97 Å². The van der Waals surface area contributed by atoms with Gasteiger partial charge in [-0.1, -0.05) is 19.1 Å². The van der Waals surface area contributed by atoms with Crippen LogP contribution in [0.2, 0.25) is 0 Å². The van der Waals surface area contributed by atoms with E-state index in [0.717, 1.165) is 0 Å². The maximum Gasteiger partial charge on any atom is 0.360 e. The lowest BCUT2D eigenvalue weighted by molar-refractivity contribution is -0.121. The van der Waals surface area contributed by atoms with Crippen molar-refractivity contribution in [3.63, 3.8) is 0 Å². The summed E-state index contributed by atoms with van der Waals surface area (Å²) in [5.74, 6) is -1.09. The number of rotatable bonds is 5. The molecule has 18 heavy (non-hydrogen) atoms. The molecule has 1 aromatic heterocycles. The van der Waals surface area contributed by atoms with Crippen molar-refractivity contribution in [3.8, 4) is 0 Å². The van der Waals surface area contributed by atoms with Gasteiger partial charge in [-0.3, -0.25) is 4.79 Å². The number of hydrogen-bond donors (Lipinski definition) is 1. The number of nitrogens with zero attached hydrogens (tertiary/aromatic N) is 3. The number of hydrogen-bond acceptors (Lipinski definition) is 5. The fourth-order valence-electron chi connectivity index (χ4n) is 1.59. The van der Waals surface area contributed by atoms with Gasteiger partial charge in [0, 0.05) is 0 Å². The Balaban J connectivity index is 3.23. The van der Waals surface area contributed by atoms with E-state index in [1.165, 1.54) is 4.68 Å². The summed E-state index contributed by atoms with van der Waals surface area (Å²) in [7, 11) is 0. The number of ether oxygens (including phenoxy) is 1. The van der Waals surface area contributed by atoms with Crippen molar-refractivity contribution in [3.05, 3.63) is 11.4 Å². The third-order valence-electron chi connectivity index (χ3n) is 2.52. The van der Waals surface area contributed by atoms with E-state index in [1.807, 2.05) is 13.8 Å². The van der Waals surface area contributed by atoms with Crippen molar-refractivity contribution in [2.75, 3.05) is 6.61 Å². The number of esters is 1. The molecular weight excluding hydrogens is 236 g/mol. The molecule has 1 aromatic rings. The highest BCUT2D eigenvalue weighted by molar-refractivity contribution is 5.88. The average molecular weight is 254 g/mol. The minimum Gasteiger partial charge on any atom is -0.461 e. The van der Waals surface area contributed by atoms with E-state index in [4.69, 9.17) is 10.5 Å². The quantitative estimate of drug-likeness (QED) is 0.776. The molecule has 100 valence electrons. The Bertz CT molecular complexity index is 453. The first-order chi connectivity index (χ1) is 8.40. The first kappa shape index (κ1) is 14.1. The molecule has 0 aliphatic rings. The minimum atomic E-state index is -0.655. The number of carbonyl (C=O) groups excluding carboxylic acids is 2. The fraction of sp³-hybridized carbons (Fsp3) is 0.636. The highest BCUT2D eigenvalue weighted by Gasteiger charge is 2.26. The van der Waals surface area contributed by atoms with Gasteiger partial charge in [-0.15, -0.1) is 5.10 Å². The normalized spacial score (nSPS) is 12.5. The molecule has 0 radical (unpaired) electrons. The van der Waals surface area contributed by atoms with Crippen LogP contribution >= 0.6 is 0 Å². The Labute approximate surface area is 105 Å². The molecule has 0 aromatic carbocycles. The van der Waals surface area contributed by atoms with Gasteiger partial charge < -0.3 is 10.5 Å². The number of primary amides is 1. The van der Waals surface area contributed by atoms with Crippen LogP contribution in [0.3, 0.4) is 0 Å². The van der Waals surface area contributed by atoms with Crippen molar-refractivity contribution in [1.82, 2.24) is 15.0 Å². The lowest BCUT2D eigenvalue weighted by Gasteiger charge is -2.14. The number of carbonyl (C=O) groups is 2. The third kappa shape index (κ3) is 2.66. The second-order valence-electron chi connectivity index (χ2n) is 4.22. The lowest BCUT2D eigenvalue weighted by atomic mass is 10.1. The van der Waals surface area contributed by atoms with Gasteiger partial charge in [-0.05, 0) is 19.8 Å². The van der Waals surface area contributed by atoms with Crippen LogP contribution in [0, 0.1) is 0 Å². The van der Waals surface area contributed by atoms with Gasteiger partial charge in [0.25, 0.3) is 0 Å². The molecule has 7 heteroatoms. The molecule has 1 rings (SSSR count). The molecule has 1 heterocycles. The van der Waals surface area contributed by atoms with Crippen LogP contribution in [0.4, 0.5) is 0 Å². The van der Waals surface area contributed by atoms with Crippen molar-refractivity contribution in [1.29, 1.82) is 0 Å². The molecule has 0 saturated carbocycles. The molecule has 0 bridgehead atoms. The van der Waals surface area contributed by atoms with E-state index in [0.29, 0.717) is 5.69 Å². The topological polar surface area (TPSA) is 100 Å². The molecule has 1 unspecified atom stereocenters. The molecule has 2 N–H and O–H groups in total. The standard InChI is InChI=1S/C11H18N4O3/c1-5-18-11(17)8-9(6(2)3)15(14-13-8)7(4)10(12)16/h6-7H,5H2,1-4H3,(H2,12,16). The summed E-state index contributed by atoms with van der Waals surface area (Å²) in [4.78, 5) is 22.9. The summed E-state index contributed by atoms with van der Waals surface area (Å²) in [6.07, 6.45) is 0. The minimum absolute atomic E-state index is 0.0267. The monoisotopic (exact) mass is 254 g/mol. The molecule has 0 spiro atoms. The summed E-state index contributed by atoms with van der Waals surface area (Å²) < 4.78 is 6.28. The van der Waals surface area contributed by atoms with Gasteiger partial charge in [0.1, 0.15) is 6.04 Å². The Kier molecular flexibility index (Phi) is 4.41. The largest absolute Gasteiger partial charge is 0.461 e. The molecule has 7 nitrogen and oxygen atoms in total. The Morgan fingerprint density at radius 2 is 2.00 bits per heavy atom. The summed E-state index contributed by atoms with van der Waals surface area (Å²) in [5, 5.41) is 7.62. The van der Waals surface area contributed by atoms with E-state index in [-0.39, 0.29) is 18.2 Å². The number of amides is 1. The summed E-state index contributed by atoms with van der Waals surface area (Å²) in [6, 6.07) is -0.655. The third-order valence-corrected chi connectivity index (χ3v) is 2.52. The highest BCUT2D eigenvalue weighted by atomic mass is 16.5. The average Bonchev–Trinajstić information content (AvgIpc) is 2.72. The molecule has 0 aliphatic heterocycles. The number of nitrogens with two attached hydrogens (primary N) is 1. The molecule has 0 fully saturated rings. The van der Waals surface area contributed by atoms with E-state index >= 15 is 0 Å². The van der Waals surface area contributed by atoms with Crippen molar-refractivity contribution in [2.24, 2.45) is 5.73 Å². The smallest absolute Gasteiger partial charge is 0.360 e. The van der Waals surface area contributed by atoms with Gasteiger partial charge in [-0.2, -0.15) is 0 Å². The molecule has 0 saturated heterocycles. The summed E-state index contributed by atoms with van der Waals surface area (Å²) >= 11 is 0. The molecular formula is C11H18N4O3. The van der Waals surface area contributed by atoms with Crippen molar-refractivity contribution in [2.45, 2.75) is 39.7 Å². The van der Waals surface area contributed by atoms with Crippen LogP contribution < -0.4 is 5.73 Å². The summed E-state index contributed by atoms with van der Waals surface area (Å²) in [6.45, 7) is 7.34. The SMILES string of the molecule is CCOC(=O)c1nnn(C(C)C(N)=O)c1C(C)C. The lowest BCUT2D eigenvalue weighted by Crippen LogP contribution is -2.26. The zero-order chi connectivity index (χ0) is 13.9. The zero-order valence-electron chi connectivity index (χ0n) is 11.0. The van der Waals surface area contributed by atoms with Gasteiger partial charge in [0.2, 0.25) is 5.91 Å². The fourth-order valence-corrected chi connectivity index (χ4v) is 1.59. The van der Waals surface area contributed by atoms with Crippen LogP contribution in [-0.2, 0) is 9.53 Å². The molecule has 1 amide bonds. The van der Waals surface area contributed by atoms with Gasteiger partial charge in [-0.25, -0.2) is 9.48 Å². The van der Waals surface area contributed by atoms with Crippen LogP contribution in [0.25, 0.3) is 0 Å². The van der Waals surface area contributed by atoms with E-state index in [2.05, 4.69) is 10.3 Å². The van der Waals surface area contributed by atoms with Gasteiger partial charge in [0.15, 0.2) is 5.69 Å². The van der Waals surface area contributed by atoms with Crippen LogP contribution in [0.5, 0.6) is 0 Å². The second-order valence-corrected chi connectivity index (χ2v) is 4.22. The Morgan fingerprint density at radius 3 is 2.44 bits per heavy atom.